The highest BCUT2D eigenvalue weighted by Gasteiger charge is 2.20. The molecule has 108 valence electrons. The molecule has 1 rings (SSSR count). The fraction of sp³-hybridized carbons (Fsp3) is 0.600. The lowest BCUT2D eigenvalue weighted by Crippen LogP contribution is -2.13. The van der Waals surface area contributed by atoms with Gasteiger partial charge >= 0.3 is 0 Å². The Labute approximate surface area is 111 Å². The van der Waals surface area contributed by atoms with E-state index in [9.17, 15) is 8.78 Å². The molecule has 1 aromatic rings. The topological polar surface area (TPSA) is 20.2 Å². The van der Waals surface area contributed by atoms with Crippen LogP contribution in [0.15, 0.2) is 24.3 Å². The summed E-state index contributed by atoms with van der Waals surface area (Å²) in [4.78, 5) is 0. The van der Waals surface area contributed by atoms with Crippen LogP contribution in [0.2, 0.25) is 0 Å². The van der Waals surface area contributed by atoms with Crippen LogP contribution < -0.4 is 0 Å². The molecule has 0 aliphatic carbocycles. The molecule has 0 fully saturated rings. The summed E-state index contributed by atoms with van der Waals surface area (Å²) in [6, 6.07) is 7.18. The van der Waals surface area contributed by atoms with Gasteiger partial charge in [0.05, 0.1) is 0 Å². The Morgan fingerprint density at radius 1 is 0.944 bits per heavy atom. The van der Waals surface area contributed by atoms with Crippen molar-refractivity contribution in [3.8, 4) is 0 Å². The van der Waals surface area contributed by atoms with Gasteiger partial charge in [-0.25, -0.2) is 8.78 Å². The van der Waals surface area contributed by atoms with Crippen LogP contribution in [0.3, 0.4) is 0 Å². The van der Waals surface area contributed by atoms with E-state index in [1.54, 1.807) is 12.1 Å². The van der Waals surface area contributed by atoms with Gasteiger partial charge in [-0.1, -0.05) is 57.5 Å². The minimum atomic E-state index is -2.60. The second-order valence-electron chi connectivity index (χ2n) is 3.23. The van der Waals surface area contributed by atoms with E-state index in [0.29, 0.717) is 5.56 Å². The van der Waals surface area contributed by atoms with Gasteiger partial charge < -0.3 is 5.11 Å². The Morgan fingerprint density at radius 2 is 1.28 bits per heavy atom. The first kappa shape index (κ1) is 22.2. The van der Waals surface area contributed by atoms with E-state index >= 15 is 0 Å². The van der Waals surface area contributed by atoms with Crippen LogP contribution in [-0.4, -0.2) is 18.1 Å². The molecule has 18 heavy (non-hydrogen) atoms. The zero-order valence-corrected chi connectivity index (χ0v) is 12.7. The van der Waals surface area contributed by atoms with Crippen molar-refractivity contribution in [2.75, 3.05) is 7.11 Å². The van der Waals surface area contributed by atoms with Crippen LogP contribution in [0.5, 0.6) is 0 Å². The van der Waals surface area contributed by atoms with Gasteiger partial charge in [0.2, 0.25) is 5.92 Å². The van der Waals surface area contributed by atoms with Crippen molar-refractivity contribution in [1.82, 2.24) is 0 Å². The largest absolute Gasteiger partial charge is 0.400 e. The Bertz CT molecular complexity index is 250. The van der Waals surface area contributed by atoms with E-state index in [-0.39, 0.29) is 6.42 Å². The molecule has 0 radical (unpaired) electrons. The van der Waals surface area contributed by atoms with Crippen LogP contribution >= 0.6 is 0 Å². The number of aliphatic hydroxyl groups is 1. The van der Waals surface area contributed by atoms with Crippen LogP contribution in [0.25, 0.3) is 0 Å². The number of rotatable bonds is 2. The summed E-state index contributed by atoms with van der Waals surface area (Å²) in [5, 5.41) is 7.00. The maximum absolute atomic E-state index is 12.5. The third kappa shape index (κ3) is 15.0. The lowest BCUT2D eigenvalue weighted by Gasteiger charge is -2.09. The molecule has 1 N–H and O–H groups in total. The highest BCUT2D eigenvalue weighted by Crippen LogP contribution is 2.18. The lowest BCUT2D eigenvalue weighted by molar-refractivity contribution is 0.0226. The number of alkyl halides is 2. The summed E-state index contributed by atoms with van der Waals surface area (Å²) in [5.41, 5.74) is 1.78. The molecule has 0 bridgehead atoms. The van der Waals surface area contributed by atoms with Gasteiger partial charge in [-0.15, -0.1) is 0 Å². The van der Waals surface area contributed by atoms with Crippen molar-refractivity contribution in [2.45, 2.75) is 53.9 Å². The molecule has 3 heteroatoms. The van der Waals surface area contributed by atoms with Crippen molar-refractivity contribution in [1.29, 1.82) is 0 Å². The molecule has 0 unspecified atom stereocenters. The van der Waals surface area contributed by atoms with Crippen LogP contribution in [0.4, 0.5) is 8.78 Å². The molecular weight excluding hydrogens is 234 g/mol. The molecule has 1 nitrogen and oxygen atoms in total. The van der Waals surface area contributed by atoms with Gasteiger partial charge in [0.1, 0.15) is 0 Å². The fourth-order valence-corrected chi connectivity index (χ4v) is 1.06. The van der Waals surface area contributed by atoms with Crippen molar-refractivity contribution >= 4 is 0 Å². The zero-order valence-electron chi connectivity index (χ0n) is 12.7. The molecule has 0 aromatic heterocycles. The van der Waals surface area contributed by atoms with Gasteiger partial charge in [-0.05, 0) is 19.4 Å². The molecule has 0 atom stereocenters. The fourth-order valence-electron chi connectivity index (χ4n) is 1.06. The summed E-state index contributed by atoms with van der Waals surface area (Å²) in [7, 11) is 1.00. The van der Waals surface area contributed by atoms with Gasteiger partial charge in [0, 0.05) is 13.5 Å². The standard InChI is InChI=1S/C10H12F2.2C2H6.CH4O/c1-8-3-5-9(6-4-8)7-10(2,11)12;3*1-2/h3-6H,7H2,1-2H3;2*1-2H3;2H,1H3. The van der Waals surface area contributed by atoms with E-state index in [0.717, 1.165) is 19.6 Å². The Balaban J connectivity index is -0.000000328. The monoisotopic (exact) mass is 262 g/mol. The maximum Gasteiger partial charge on any atom is 0.249 e. The summed E-state index contributed by atoms with van der Waals surface area (Å²) in [5.74, 6) is -2.60. The SMILES string of the molecule is CC.CC.CO.Cc1ccc(CC(C)(F)F)cc1. The number of aryl methyl sites for hydroxylation is 1. The van der Waals surface area contributed by atoms with E-state index in [4.69, 9.17) is 5.11 Å². The third-order valence-corrected chi connectivity index (χ3v) is 1.64. The lowest BCUT2D eigenvalue weighted by atomic mass is 10.1. The minimum absolute atomic E-state index is 0.173. The summed E-state index contributed by atoms with van der Waals surface area (Å²) < 4.78 is 25.0. The molecule has 0 spiro atoms. The van der Waals surface area contributed by atoms with E-state index in [1.807, 2.05) is 46.8 Å². The average Bonchev–Trinajstić information content (AvgIpc) is 2.38. The van der Waals surface area contributed by atoms with Crippen molar-refractivity contribution in [2.24, 2.45) is 0 Å². The normalized spacial score (nSPS) is 8.78. The van der Waals surface area contributed by atoms with Gasteiger partial charge in [-0.2, -0.15) is 0 Å². The van der Waals surface area contributed by atoms with E-state index in [2.05, 4.69) is 0 Å². The Morgan fingerprint density at radius 3 is 1.56 bits per heavy atom. The molecular formula is C15H28F2O. The minimum Gasteiger partial charge on any atom is -0.400 e. The molecule has 1 aromatic carbocycles. The Hall–Kier alpha value is -0.960. The number of benzene rings is 1. The van der Waals surface area contributed by atoms with Crippen molar-refractivity contribution in [3.63, 3.8) is 0 Å². The van der Waals surface area contributed by atoms with Crippen LogP contribution in [0.1, 0.15) is 45.7 Å². The van der Waals surface area contributed by atoms with Crippen molar-refractivity contribution in [3.05, 3.63) is 35.4 Å². The summed E-state index contributed by atoms with van der Waals surface area (Å²) in [6.07, 6.45) is -0.173. The van der Waals surface area contributed by atoms with Crippen LogP contribution in [0, 0.1) is 6.92 Å². The number of halogens is 2. The zero-order chi connectivity index (χ0) is 15.2. The van der Waals surface area contributed by atoms with Gasteiger partial charge in [-0.3, -0.25) is 0 Å². The Kier molecular flexibility index (Phi) is 17.4. The third-order valence-electron chi connectivity index (χ3n) is 1.64. The maximum atomic E-state index is 12.5. The second-order valence-corrected chi connectivity index (χ2v) is 3.23. The van der Waals surface area contributed by atoms with E-state index < -0.39 is 5.92 Å². The van der Waals surface area contributed by atoms with Gasteiger partial charge in [0.15, 0.2) is 0 Å². The molecule has 0 aliphatic rings. The number of hydrogen-bond donors (Lipinski definition) is 1. The molecule has 0 heterocycles. The quantitative estimate of drug-likeness (QED) is 0.807. The highest BCUT2D eigenvalue weighted by atomic mass is 19.3. The first-order chi connectivity index (χ1) is 8.47. The average molecular weight is 262 g/mol. The summed E-state index contributed by atoms with van der Waals surface area (Å²) >= 11 is 0. The van der Waals surface area contributed by atoms with E-state index in [1.165, 1.54) is 0 Å². The summed E-state index contributed by atoms with van der Waals surface area (Å²) in [6.45, 7) is 10.9. The predicted octanol–water partition coefficient (Wildman–Crippen LogP) is 4.85. The second kappa shape index (κ2) is 14.1. The molecule has 0 saturated carbocycles. The number of hydrogen-bond acceptors (Lipinski definition) is 1. The number of aliphatic hydroxyl groups excluding tert-OH is 1. The smallest absolute Gasteiger partial charge is 0.249 e. The molecule has 0 amide bonds. The first-order valence-corrected chi connectivity index (χ1v) is 6.35. The van der Waals surface area contributed by atoms with Crippen molar-refractivity contribution < 1.29 is 13.9 Å². The molecule has 0 saturated heterocycles. The predicted molar refractivity (Wildman–Crippen MR) is 76.3 cm³/mol. The van der Waals surface area contributed by atoms with Crippen LogP contribution in [-0.2, 0) is 6.42 Å². The van der Waals surface area contributed by atoms with Gasteiger partial charge in [0.25, 0.3) is 0 Å². The first-order valence-electron chi connectivity index (χ1n) is 6.35. The highest BCUT2D eigenvalue weighted by molar-refractivity contribution is 5.22. The molecule has 0 aliphatic heterocycles.